The number of anilines is 4. The highest BCUT2D eigenvalue weighted by molar-refractivity contribution is 7.10. The van der Waals surface area contributed by atoms with Gasteiger partial charge in [-0.2, -0.15) is 19.3 Å². The molecule has 2 aromatic heterocycles. The van der Waals surface area contributed by atoms with Crippen molar-refractivity contribution in [2.75, 3.05) is 35.2 Å². The van der Waals surface area contributed by atoms with Crippen LogP contribution in [0.2, 0.25) is 0 Å². The number of nitriles is 2. The Balaban J connectivity index is 0.000000410. The van der Waals surface area contributed by atoms with Crippen LogP contribution >= 0.6 is 23.1 Å². The summed E-state index contributed by atoms with van der Waals surface area (Å²) in [7, 11) is 0. The molecule has 0 aliphatic carbocycles. The smallest absolute Gasteiger partial charge is 0.125 e. The van der Waals surface area contributed by atoms with E-state index in [1.165, 1.54) is 98.8 Å². The molecule has 3 rings (SSSR count). The number of nitrogens with two attached hydrogens (primary N) is 3. The van der Waals surface area contributed by atoms with Gasteiger partial charge in [0.25, 0.3) is 0 Å². The summed E-state index contributed by atoms with van der Waals surface area (Å²) in [5.41, 5.74) is 23.2. The van der Waals surface area contributed by atoms with Crippen LogP contribution in [-0.4, -0.2) is 21.8 Å². The topological polar surface area (TPSA) is 155 Å². The number of unbranched alkanes of at least 4 members (excludes halogenated alkanes) is 2. The molecule has 6 N–H and O–H groups in total. The average Bonchev–Trinajstić information content (AvgIpc) is 3.62. The summed E-state index contributed by atoms with van der Waals surface area (Å²) >= 11 is 2.37. The average molecular weight is 653 g/mol. The maximum absolute atomic E-state index is 8.56. The summed E-state index contributed by atoms with van der Waals surface area (Å²) in [6.45, 7) is 17.7. The van der Waals surface area contributed by atoms with Gasteiger partial charge in [-0.15, -0.1) is 0 Å². The molecule has 45 heavy (non-hydrogen) atoms. The van der Waals surface area contributed by atoms with Gasteiger partial charge in [-0.05, 0) is 91.3 Å². The van der Waals surface area contributed by atoms with E-state index in [1.807, 2.05) is 26.0 Å². The largest absolute Gasteiger partial charge is 0.399 e. The summed E-state index contributed by atoms with van der Waals surface area (Å²) in [5.74, 6) is 1.59. The number of hydrogen-bond donors (Lipinski definition) is 3. The van der Waals surface area contributed by atoms with Gasteiger partial charge in [0.2, 0.25) is 0 Å². The Labute approximate surface area is 281 Å². The van der Waals surface area contributed by atoms with Crippen molar-refractivity contribution < 1.29 is 0 Å². The normalized spacial score (nSPS) is 11.7. The molecule has 2 atom stereocenters. The summed E-state index contributed by atoms with van der Waals surface area (Å²) in [4.78, 5) is 2.65. The maximum Gasteiger partial charge on any atom is 0.125 e. The van der Waals surface area contributed by atoms with E-state index in [9.17, 15) is 0 Å². The quantitative estimate of drug-likeness (QED) is 0.137. The van der Waals surface area contributed by atoms with Gasteiger partial charge in [-0.1, -0.05) is 80.1 Å². The molecule has 10 heteroatoms. The number of nitrogen functional groups attached to an aromatic ring is 3. The summed E-state index contributed by atoms with van der Waals surface area (Å²) < 4.78 is 8.00. The van der Waals surface area contributed by atoms with Crippen molar-refractivity contribution in [3.05, 3.63) is 46.3 Å². The molecule has 0 aliphatic rings. The number of rotatable bonds is 15. The van der Waals surface area contributed by atoms with Gasteiger partial charge < -0.3 is 22.1 Å². The number of aromatic nitrogens is 2. The van der Waals surface area contributed by atoms with E-state index in [0.717, 1.165) is 41.8 Å². The van der Waals surface area contributed by atoms with E-state index in [4.69, 9.17) is 27.7 Å². The van der Waals surface area contributed by atoms with Crippen molar-refractivity contribution in [1.82, 2.24) is 8.75 Å². The Morgan fingerprint density at radius 1 is 0.756 bits per heavy atom. The van der Waals surface area contributed by atoms with Gasteiger partial charge in [0, 0.05) is 24.5 Å². The monoisotopic (exact) mass is 652 g/mol. The summed E-state index contributed by atoms with van der Waals surface area (Å²) in [6, 6.07) is 10.6. The predicted octanol–water partition coefficient (Wildman–Crippen LogP) is 9.14. The first-order valence-electron chi connectivity index (χ1n) is 16.5. The van der Waals surface area contributed by atoms with E-state index in [1.54, 1.807) is 0 Å². The molecule has 0 radical (unpaired) electrons. The molecular weight excluding hydrogens is 597 g/mol. The van der Waals surface area contributed by atoms with Crippen LogP contribution in [-0.2, 0) is 12.8 Å². The van der Waals surface area contributed by atoms with E-state index in [-0.39, 0.29) is 0 Å². The first-order chi connectivity index (χ1) is 21.6. The van der Waals surface area contributed by atoms with Crippen molar-refractivity contribution in [3.63, 3.8) is 0 Å². The molecule has 0 saturated carbocycles. The lowest BCUT2D eigenvalue weighted by molar-refractivity contribution is 0.403. The minimum atomic E-state index is 0.527. The third kappa shape index (κ3) is 13.3. The Morgan fingerprint density at radius 3 is 1.51 bits per heavy atom. The van der Waals surface area contributed by atoms with Crippen molar-refractivity contribution in [3.8, 4) is 12.1 Å². The third-order valence-electron chi connectivity index (χ3n) is 8.13. The molecule has 0 fully saturated rings. The van der Waals surface area contributed by atoms with E-state index < -0.39 is 0 Å². The Morgan fingerprint density at radius 2 is 1.20 bits per heavy atom. The fourth-order valence-corrected chi connectivity index (χ4v) is 6.36. The first-order valence-corrected chi connectivity index (χ1v) is 18.1. The molecular formula is C35H56N8S2. The number of aryl methyl sites for hydroxylation is 3. The van der Waals surface area contributed by atoms with E-state index in [2.05, 4.69) is 66.5 Å². The molecule has 0 aliphatic heterocycles. The van der Waals surface area contributed by atoms with Crippen LogP contribution in [0.1, 0.15) is 121 Å². The van der Waals surface area contributed by atoms with Gasteiger partial charge in [0.05, 0.1) is 11.4 Å². The SMILES string of the molecule is CCCCC(CC)CN(CC(CC)CCCC)c1ccc(N)c(C)c1.CCc1nsc(N)c1C#N.CCc1nsc(N)c1C#N. The minimum absolute atomic E-state index is 0.527. The van der Waals surface area contributed by atoms with Crippen LogP contribution < -0.4 is 22.1 Å². The van der Waals surface area contributed by atoms with Crippen molar-refractivity contribution >= 4 is 44.4 Å². The van der Waals surface area contributed by atoms with Crippen LogP contribution in [0, 0.1) is 41.4 Å². The van der Waals surface area contributed by atoms with E-state index in [0.29, 0.717) is 21.1 Å². The van der Waals surface area contributed by atoms with Gasteiger partial charge in [-0.25, -0.2) is 0 Å². The highest BCUT2D eigenvalue weighted by Gasteiger charge is 2.18. The first kappa shape index (κ1) is 39.7. The molecule has 0 amide bonds. The number of hydrogen-bond acceptors (Lipinski definition) is 10. The van der Waals surface area contributed by atoms with Gasteiger partial charge in [0.15, 0.2) is 0 Å². The van der Waals surface area contributed by atoms with Crippen LogP contribution in [0.4, 0.5) is 21.4 Å². The van der Waals surface area contributed by atoms with E-state index >= 15 is 0 Å². The number of benzene rings is 1. The van der Waals surface area contributed by atoms with Gasteiger partial charge >= 0.3 is 0 Å². The number of nitrogens with zero attached hydrogens (tertiary/aromatic N) is 5. The molecule has 248 valence electrons. The van der Waals surface area contributed by atoms with Crippen molar-refractivity contribution in [2.45, 2.75) is 113 Å². The van der Waals surface area contributed by atoms with Crippen LogP contribution in [0.5, 0.6) is 0 Å². The molecule has 3 aromatic rings. The molecule has 2 unspecified atom stereocenters. The zero-order valence-electron chi connectivity index (χ0n) is 28.7. The van der Waals surface area contributed by atoms with Crippen LogP contribution in [0.3, 0.4) is 0 Å². The minimum Gasteiger partial charge on any atom is -0.399 e. The Hall–Kier alpha value is -3.34. The Bertz CT molecular complexity index is 1260. The fraction of sp³-hybridized carbons (Fsp3) is 0.600. The van der Waals surface area contributed by atoms with Crippen molar-refractivity contribution in [1.29, 1.82) is 10.5 Å². The molecule has 2 heterocycles. The van der Waals surface area contributed by atoms with Crippen LogP contribution in [0.25, 0.3) is 0 Å². The lowest BCUT2D eigenvalue weighted by Crippen LogP contribution is -2.34. The second-order valence-corrected chi connectivity index (χ2v) is 13.1. The molecule has 1 aromatic carbocycles. The molecule has 0 bridgehead atoms. The lowest BCUT2D eigenvalue weighted by atomic mass is 9.95. The van der Waals surface area contributed by atoms with Crippen LogP contribution in [0.15, 0.2) is 18.2 Å². The Kier molecular flexibility index (Phi) is 19.6. The van der Waals surface area contributed by atoms with Gasteiger partial charge in [-0.3, -0.25) is 0 Å². The molecule has 0 spiro atoms. The summed E-state index contributed by atoms with van der Waals surface area (Å²) in [6.07, 6.45) is 12.1. The predicted molar refractivity (Wildman–Crippen MR) is 196 cm³/mol. The second kappa shape index (κ2) is 22.2. The lowest BCUT2D eigenvalue weighted by Gasteiger charge is -2.33. The second-order valence-electron chi connectivity index (χ2n) is 11.4. The summed E-state index contributed by atoms with van der Waals surface area (Å²) in [5, 5.41) is 18.2. The highest BCUT2D eigenvalue weighted by atomic mass is 32.1. The maximum atomic E-state index is 8.56. The third-order valence-corrected chi connectivity index (χ3v) is 9.56. The zero-order chi connectivity index (χ0) is 33.8. The zero-order valence-corrected chi connectivity index (χ0v) is 30.3. The molecule has 8 nitrogen and oxygen atoms in total. The van der Waals surface area contributed by atoms with Gasteiger partial charge in [0.1, 0.15) is 33.3 Å². The highest BCUT2D eigenvalue weighted by Crippen LogP contribution is 2.27. The standard InChI is InChI=1S/C23H42N2.2C6H7N3S/c1-6-10-12-20(8-3)17-25(18-21(9-4)13-11-7-2)22-14-15-23(24)19(5)16-22;2*1-2-5-4(3-7)6(8)10-9-5/h14-16,20-21H,6-13,17-18,24H2,1-5H3;2*2,8H2,1H3. The van der Waals surface area contributed by atoms with Crippen molar-refractivity contribution in [2.24, 2.45) is 11.8 Å². The molecule has 0 saturated heterocycles. The fourth-order valence-electron chi connectivity index (χ4n) is 5.00.